The number of hydrogen-bond acceptors (Lipinski definition) is 4. The first-order chi connectivity index (χ1) is 9.17. The lowest BCUT2D eigenvalue weighted by Gasteiger charge is -2.14. The van der Waals surface area contributed by atoms with Crippen molar-refractivity contribution in [1.82, 2.24) is 5.32 Å². The Balaban J connectivity index is 2.43. The average Bonchev–Trinajstić information content (AvgIpc) is 2.38. The molecule has 0 saturated carbocycles. The van der Waals surface area contributed by atoms with Crippen LogP contribution in [0.15, 0.2) is 24.3 Å². The third-order valence-electron chi connectivity index (χ3n) is 2.54. The van der Waals surface area contributed by atoms with Crippen LogP contribution in [0.4, 0.5) is 0 Å². The Morgan fingerprint density at radius 1 is 1.32 bits per heavy atom. The fourth-order valence-electron chi connectivity index (χ4n) is 1.67. The number of rotatable bonds is 9. The molecule has 1 aromatic rings. The first kappa shape index (κ1) is 15.3. The molecule has 106 valence electrons. The number of benzene rings is 1. The highest BCUT2D eigenvalue weighted by atomic mass is 16.5. The highest BCUT2D eigenvalue weighted by Crippen LogP contribution is 2.19. The fourth-order valence-corrected chi connectivity index (χ4v) is 1.67. The predicted octanol–water partition coefficient (Wildman–Crippen LogP) is 1.92. The van der Waals surface area contributed by atoms with Crippen LogP contribution in [0.1, 0.15) is 20.3 Å². The Morgan fingerprint density at radius 3 is 2.58 bits per heavy atom. The van der Waals surface area contributed by atoms with Crippen LogP contribution in [0.5, 0.6) is 11.5 Å². The predicted molar refractivity (Wildman–Crippen MR) is 72.8 cm³/mol. The molecular weight excluding hydrogens is 246 g/mol. The molecule has 0 amide bonds. The van der Waals surface area contributed by atoms with Crippen LogP contribution in [-0.4, -0.2) is 36.9 Å². The second kappa shape index (κ2) is 8.37. The summed E-state index contributed by atoms with van der Waals surface area (Å²) in [6.45, 7) is 5.37. The van der Waals surface area contributed by atoms with E-state index in [4.69, 9.17) is 14.6 Å². The number of likely N-dealkylation sites (N-methyl/N-ethyl adjacent to an activating group) is 1. The number of aliphatic carboxylic acids is 1. The smallest absolute Gasteiger partial charge is 0.320 e. The topological polar surface area (TPSA) is 67.8 Å². The third kappa shape index (κ3) is 5.61. The van der Waals surface area contributed by atoms with E-state index in [2.05, 4.69) is 5.32 Å². The van der Waals surface area contributed by atoms with Crippen LogP contribution in [0.3, 0.4) is 0 Å². The molecule has 0 bridgehead atoms. The molecule has 0 aromatic heterocycles. The Bertz CT molecular complexity index is 395. The average molecular weight is 267 g/mol. The molecule has 1 rings (SSSR count). The molecule has 0 saturated heterocycles. The van der Waals surface area contributed by atoms with Gasteiger partial charge in [-0.1, -0.05) is 13.0 Å². The molecule has 19 heavy (non-hydrogen) atoms. The Kier molecular flexibility index (Phi) is 6.74. The highest BCUT2D eigenvalue weighted by molar-refractivity contribution is 5.73. The zero-order valence-corrected chi connectivity index (χ0v) is 11.4. The van der Waals surface area contributed by atoms with Crippen molar-refractivity contribution in [2.45, 2.75) is 26.3 Å². The van der Waals surface area contributed by atoms with Crippen LogP contribution >= 0.6 is 0 Å². The zero-order valence-electron chi connectivity index (χ0n) is 11.4. The Morgan fingerprint density at radius 2 is 2.00 bits per heavy atom. The first-order valence-electron chi connectivity index (χ1n) is 6.49. The summed E-state index contributed by atoms with van der Waals surface area (Å²) in [5.41, 5.74) is 0. The van der Waals surface area contributed by atoms with Crippen molar-refractivity contribution < 1.29 is 19.4 Å². The molecule has 0 aliphatic heterocycles. The standard InChI is InChI=1S/C14H21NO4/c1-3-15-13(14(16)17)8-9-19-12-7-5-6-11(10-12)18-4-2/h5-7,10,13,15H,3-4,8-9H2,1-2H3,(H,16,17). The van der Waals surface area contributed by atoms with E-state index in [9.17, 15) is 4.79 Å². The molecule has 5 heteroatoms. The summed E-state index contributed by atoms with van der Waals surface area (Å²) in [5.74, 6) is 0.585. The van der Waals surface area contributed by atoms with E-state index in [-0.39, 0.29) is 0 Å². The summed E-state index contributed by atoms with van der Waals surface area (Å²) < 4.78 is 10.9. The molecule has 0 heterocycles. The zero-order chi connectivity index (χ0) is 14.1. The van der Waals surface area contributed by atoms with Crippen molar-refractivity contribution in [3.8, 4) is 11.5 Å². The second-order valence-electron chi connectivity index (χ2n) is 3.99. The van der Waals surface area contributed by atoms with E-state index in [0.717, 1.165) is 5.75 Å². The van der Waals surface area contributed by atoms with E-state index >= 15 is 0 Å². The Labute approximate surface area is 113 Å². The van der Waals surface area contributed by atoms with Crippen LogP contribution in [0.2, 0.25) is 0 Å². The third-order valence-corrected chi connectivity index (χ3v) is 2.54. The lowest BCUT2D eigenvalue weighted by molar-refractivity contribution is -0.139. The molecule has 1 aromatic carbocycles. The molecule has 0 aliphatic carbocycles. The minimum atomic E-state index is -0.853. The fraction of sp³-hybridized carbons (Fsp3) is 0.500. The molecule has 5 nitrogen and oxygen atoms in total. The normalized spacial score (nSPS) is 11.9. The quantitative estimate of drug-likeness (QED) is 0.715. The van der Waals surface area contributed by atoms with Gasteiger partial charge >= 0.3 is 5.97 Å². The van der Waals surface area contributed by atoms with Crippen molar-refractivity contribution in [2.75, 3.05) is 19.8 Å². The van der Waals surface area contributed by atoms with Gasteiger partial charge in [0, 0.05) is 12.5 Å². The van der Waals surface area contributed by atoms with Crippen LogP contribution in [0, 0.1) is 0 Å². The largest absolute Gasteiger partial charge is 0.494 e. The van der Waals surface area contributed by atoms with Gasteiger partial charge in [0.25, 0.3) is 0 Å². The van der Waals surface area contributed by atoms with Gasteiger partial charge in [0.2, 0.25) is 0 Å². The van der Waals surface area contributed by atoms with Crippen molar-refractivity contribution in [2.24, 2.45) is 0 Å². The summed E-state index contributed by atoms with van der Waals surface area (Å²) in [6.07, 6.45) is 0.419. The molecule has 0 radical (unpaired) electrons. The number of nitrogens with one attached hydrogen (secondary N) is 1. The number of hydrogen-bond donors (Lipinski definition) is 2. The maximum atomic E-state index is 10.9. The van der Waals surface area contributed by atoms with E-state index in [1.807, 2.05) is 32.0 Å². The highest BCUT2D eigenvalue weighted by Gasteiger charge is 2.15. The summed E-state index contributed by atoms with van der Waals surface area (Å²) in [6, 6.07) is 6.76. The van der Waals surface area contributed by atoms with Gasteiger partial charge < -0.3 is 19.9 Å². The summed E-state index contributed by atoms with van der Waals surface area (Å²) >= 11 is 0. The molecule has 1 unspecified atom stereocenters. The van der Waals surface area contributed by atoms with Gasteiger partial charge in [-0.3, -0.25) is 4.79 Å². The summed E-state index contributed by atoms with van der Waals surface area (Å²) in [5, 5.41) is 11.9. The van der Waals surface area contributed by atoms with Crippen molar-refractivity contribution >= 4 is 5.97 Å². The number of carboxylic acids is 1. The minimum Gasteiger partial charge on any atom is -0.494 e. The number of carbonyl (C=O) groups is 1. The van der Waals surface area contributed by atoms with E-state index in [1.165, 1.54) is 0 Å². The molecule has 0 spiro atoms. The van der Waals surface area contributed by atoms with Crippen LogP contribution < -0.4 is 14.8 Å². The lowest BCUT2D eigenvalue weighted by atomic mass is 10.2. The lowest BCUT2D eigenvalue weighted by Crippen LogP contribution is -2.37. The molecule has 0 fully saturated rings. The van der Waals surface area contributed by atoms with Gasteiger partial charge in [0.15, 0.2) is 0 Å². The van der Waals surface area contributed by atoms with E-state index in [0.29, 0.717) is 31.9 Å². The van der Waals surface area contributed by atoms with E-state index < -0.39 is 12.0 Å². The van der Waals surface area contributed by atoms with Gasteiger partial charge in [-0.25, -0.2) is 0 Å². The molecule has 0 aliphatic rings. The maximum absolute atomic E-state index is 10.9. The van der Waals surface area contributed by atoms with Gasteiger partial charge in [-0.2, -0.15) is 0 Å². The molecule has 1 atom stereocenters. The maximum Gasteiger partial charge on any atom is 0.320 e. The SMILES string of the molecule is CCNC(CCOc1cccc(OCC)c1)C(=O)O. The van der Waals surface area contributed by atoms with Gasteiger partial charge in [0.1, 0.15) is 17.5 Å². The number of carboxylic acid groups (broad SMARTS) is 1. The van der Waals surface area contributed by atoms with Gasteiger partial charge in [-0.05, 0) is 25.6 Å². The summed E-state index contributed by atoms with van der Waals surface area (Å²) in [7, 11) is 0. The van der Waals surface area contributed by atoms with Gasteiger partial charge in [-0.15, -0.1) is 0 Å². The monoisotopic (exact) mass is 267 g/mol. The van der Waals surface area contributed by atoms with Crippen LogP contribution in [-0.2, 0) is 4.79 Å². The molecular formula is C14H21NO4. The van der Waals surface area contributed by atoms with Crippen LogP contribution in [0.25, 0.3) is 0 Å². The number of ether oxygens (including phenoxy) is 2. The van der Waals surface area contributed by atoms with Crippen molar-refractivity contribution in [3.05, 3.63) is 24.3 Å². The second-order valence-corrected chi connectivity index (χ2v) is 3.99. The van der Waals surface area contributed by atoms with Crippen molar-refractivity contribution in [1.29, 1.82) is 0 Å². The summed E-state index contributed by atoms with van der Waals surface area (Å²) in [4.78, 5) is 10.9. The Hall–Kier alpha value is -1.75. The molecule has 2 N–H and O–H groups in total. The van der Waals surface area contributed by atoms with Crippen molar-refractivity contribution in [3.63, 3.8) is 0 Å². The minimum absolute atomic E-state index is 0.347. The first-order valence-corrected chi connectivity index (χ1v) is 6.49. The van der Waals surface area contributed by atoms with E-state index in [1.54, 1.807) is 6.07 Å². The van der Waals surface area contributed by atoms with Gasteiger partial charge in [0.05, 0.1) is 13.2 Å².